The highest BCUT2D eigenvalue weighted by molar-refractivity contribution is 6.34. The van der Waals surface area contributed by atoms with Crippen LogP contribution in [0.5, 0.6) is 0 Å². The van der Waals surface area contributed by atoms with E-state index in [9.17, 15) is 9.18 Å². The van der Waals surface area contributed by atoms with Crippen molar-refractivity contribution in [1.29, 1.82) is 0 Å². The Morgan fingerprint density at radius 2 is 2.24 bits per heavy atom. The number of carbonyl (C=O) groups excluding carboxylic acids is 1. The van der Waals surface area contributed by atoms with Crippen molar-refractivity contribution in [1.82, 2.24) is 10.3 Å². The first-order chi connectivity index (χ1) is 12.0. The number of amides is 1. The van der Waals surface area contributed by atoms with Crippen molar-refractivity contribution in [2.75, 3.05) is 17.2 Å². The molecule has 7 heteroatoms. The summed E-state index contributed by atoms with van der Waals surface area (Å²) in [5.41, 5.74) is 0.961. The van der Waals surface area contributed by atoms with Crippen LogP contribution in [0.2, 0.25) is 5.02 Å². The van der Waals surface area contributed by atoms with Crippen molar-refractivity contribution < 1.29 is 9.18 Å². The summed E-state index contributed by atoms with van der Waals surface area (Å²) in [7, 11) is 0. The standard InChI is InChI=1S/C18H20ClFN4O/c1-11-9-13(6-8-21-11)23-16-3-2-7-22-17(16)24-18(25)14-5-4-12(20)10-15(14)19/h2-5,7,10-11,13,21,23H,6,8-9H2,1H3,(H,22,24,25). The van der Waals surface area contributed by atoms with Crippen LogP contribution in [0.25, 0.3) is 0 Å². The van der Waals surface area contributed by atoms with Gasteiger partial charge in [0.05, 0.1) is 16.3 Å². The molecule has 1 aromatic heterocycles. The summed E-state index contributed by atoms with van der Waals surface area (Å²) in [5.74, 6) is -0.480. The molecule has 2 heterocycles. The Kier molecular flexibility index (Phi) is 5.50. The van der Waals surface area contributed by atoms with E-state index < -0.39 is 11.7 Å². The smallest absolute Gasteiger partial charge is 0.258 e. The van der Waals surface area contributed by atoms with Gasteiger partial charge in [-0.05, 0) is 56.6 Å². The molecule has 1 fully saturated rings. The number of anilines is 2. The van der Waals surface area contributed by atoms with Crippen LogP contribution >= 0.6 is 11.6 Å². The molecular weight excluding hydrogens is 343 g/mol. The van der Waals surface area contributed by atoms with Gasteiger partial charge in [0.1, 0.15) is 5.82 Å². The topological polar surface area (TPSA) is 66.0 Å². The normalized spacial score (nSPS) is 20.1. The van der Waals surface area contributed by atoms with Crippen molar-refractivity contribution >= 4 is 29.0 Å². The molecule has 0 saturated carbocycles. The van der Waals surface area contributed by atoms with Gasteiger partial charge in [0.15, 0.2) is 5.82 Å². The maximum atomic E-state index is 13.2. The van der Waals surface area contributed by atoms with E-state index in [1.165, 1.54) is 12.1 Å². The Labute approximate surface area is 151 Å². The number of hydrogen-bond donors (Lipinski definition) is 3. The third-order valence-electron chi connectivity index (χ3n) is 4.20. The minimum atomic E-state index is -0.484. The van der Waals surface area contributed by atoms with Gasteiger partial charge in [-0.1, -0.05) is 11.6 Å². The number of nitrogens with one attached hydrogen (secondary N) is 3. The zero-order valence-corrected chi connectivity index (χ0v) is 14.6. The van der Waals surface area contributed by atoms with Crippen LogP contribution in [0.3, 0.4) is 0 Å². The van der Waals surface area contributed by atoms with Crippen molar-refractivity contribution in [2.45, 2.75) is 31.8 Å². The first kappa shape index (κ1) is 17.6. The largest absolute Gasteiger partial charge is 0.379 e. The molecule has 0 radical (unpaired) electrons. The Morgan fingerprint density at radius 3 is 3.00 bits per heavy atom. The Hall–Kier alpha value is -2.18. The number of benzene rings is 1. The Balaban J connectivity index is 1.75. The average Bonchev–Trinajstić information content (AvgIpc) is 2.56. The highest BCUT2D eigenvalue weighted by Crippen LogP contribution is 2.24. The maximum Gasteiger partial charge on any atom is 0.258 e. The van der Waals surface area contributed by atoms with Crippen molar-refractivity contribution in [3.63, 3.8) is 0 Å². The minimum Gasteiger partial charge on any atom is -0.379 e. The van der Waals surface area contributed by atoms with E-state index in [0.717, 1.165) is 31.1 Å². The second kappa shape index (κ2) is 7.80. The zero-order valence-electron chi connectivity index (χ0n) is 13.9. The summed E-state index contributed by atoms with van der Waals surface area (Å²) in [4.78, 5) is 16.7. The van der Waals surface area contributed by atoms with Gasteiger partial charge in [-0.3, -0.25) is 4.79 Å². The lowest BCUT2D eigenvalue weighted by molar-refractivity contribution is 0.102. The molecule has 2 atom stereocenters. The molecule has 1 aliphatic rings. The van der Waals surface area contributed by atoms with Crippen LogP contribution in [0.15, 0.2) is 36.5 Å². The van der Waals surface area contributed by atoms with Crippen LogP contribution in [-0.2, 0) is 0 Å². The van der Waals surface area contributed by atoms with E-state index in [-0.39, 0.29) is 10.6 Å². The van der Waals surface area contributed by atoms with Gasteiger partial charge in [-0.2, -0.15) is 0 Å². The number of nitrogens with zero attached hydrogens (tertiary/aromatic N) is 1. The fourth-order valence-electron chi connectivity index (χ4n) is 2.95. The molecule has 1 aliphatic heterocycles. The van der Waals surface area contributed by atoms with E-state index in [2.05, 4.69) is 27.9 Å². The molecule has 2 aromatic rings. The van der Waals surface area contributed by atoms with E-state index in [1.54, 1.807) is 6.20 Å². The molecule has 1 amide bonds. The molecule has 0 bridgehead atoms. The quantitative estimate of drug-likeness (QED) is 0.776. The van der Waals surface area contributed by atoms with E-state index >= 15 is 0 Å². The van der Waals surface area contributed by atoms with Crippen LogP contribution < -0.4 is 16.0 Å². The first-order valence-corrected chi connectivity index (χ1v) is 8.62. The molecular formula is C18H20ClFN4O. The molecule has 3 rings (SSSR count). The highest BCUT2D eigenvalue weighted by atomic mass is 35.5. The lowest BCUT2D eigenvalue weighted by atomic mass is 10.0. The molecule has 1 aromatic carbocycles. The van der Waals surface area contributed by atoms with Gasteiger partial charge in [0.25, 0.3) is 5.91 Å². The fourth-order valence-corrected chi connectivity index (χ4v) is 3.21. The second-order valence-electron chi connectivity index (χ2n) is 6.20. The van der Waals surface area contributed by atoms with Gasteiger partial charge in [0, 0.05) is 18.3 Å². The number of halogens is 2. The summed E-state index contributed by atoms with van der Waals surface area (Å²) in [6, 6.07) is 8.12. The molecule has 25 heavy (non-hydrogen) atoms. The fraction of sp³-hybridized carbons (Fsp3) is 0.333. The van der Waals surface area contributed by atoms with Crippen molar-refractivity contribution in [3.05, 3.63) is 52.9 Å². The number of piperidine rings is 1. The number of rotatable bonds is 4. The van der Waals surface area contributed by atoms with Crippen LogP contribution in [0, 0.1) is 5.82 Å². The van der Waals surface area contributed by atoms with Gasteiger partial charge < -0.3 is 16.0 Å². The lowest BCUT2D eigenvalue weighted by Gasteiger charge is -2.29. The summed E-state index contributed by atoms with van der Waals surface area (Å²) in [6.07, 6.45) is 3.60. The maximum absolute atomic E-state index is 13.2. The monoisotopic (exact) mass is 362 g/mol. The summed E-state index contributed by atoms with van der Waals surface area (Å²) in [6.45, 7) is 3.10. The molecule has 2 unspecified atom stereocenters. The number of aromatic nitrogens is 1. The number of hydrogen-bond acceptors (Lipinski definition) is 4. The van der Waals surface area contributed by atoms with Crippen LogP contribution in [0.1, 0.15) is 30.1 Å². The lowest BCUT2D eigenvalue weighted by Crippen LogP contribution is -2.41. The van der Waals surface area contributed by atoms with Gasteiger partial charge >= 0.3 is 0 Å². The third-order valence-corrected chi connectivity index (χ3v) is 4.51. The zero-order chi connectivity index (χ0) is 17.8. The second-order valence-corrected chi connectivity index (χ2v) is 6.61. The summed E-state index contributed by atoms with van der Waals surface area (Å²) in [5, 5.41) is 9.67. The predicted octanol–water partition coefficient (Wildman–Crippen LogP) is 3.68. The minimum absolute atomic E-state index is 0.0649. The Morgan fingerprint density at radius 1 is 1.40 bits per heavy atom. The van der Waals surface area contributed by atoms with Crippen molar-refractivity contribution in [2.24, 2.45) is 0 Å². The van der Waals surface area contributed by atoms with Gasteiger partial charge in [0.2, 0.25) is 0 Å². The molecule has 3 N–H and O–H groups in total. The average molecular weight is 363 g/mol. The highest BCUT2D eigenvalue weighted by Gasteiger charge is 2.20. The van der Waals surface area contributed by atoms with E-state index in [4.69, 9.17) is 11.6 Å². The van der Waals surface area contributed by atoms with Gasteiger partial charge in [-0.15, -0.1) is 0 Å². The van der Waals surface area contributed by atoms with E-state index in [0.29, 0.717) is 17.9 Å². The predicted molar refractivity (Wildman–Crippen MR) is 97.7 cm³/mol. The SMILES string of the molecule is CC1CC(Nc2cccnc2NC(=O)c2ccc(F)cc2Cl)CCN1. The first-order valence-electron chi connectivity index (χ1n) is 8.24. The van der Waals surface area contributed by atoms with Crippen LogP contribution in [-0.4, -0.2) is 29.5 Å². The number of pyridine rings is 1. The molecule has 132 valence electrons. The summed E-state index contributed by atoms with van der Waals surface area (Å²) >= 11 is 5.96. The number of carbonyl (C=O) groups is 1. The van der Waals surface area contributed by atoms with Crippen LogP contribution in [0.4, 0.5) is 15.9 Å². The molecule has 0 spiro atoms. The molecule has 5 nitrogen and oxygen atoms in total. The van der Waals surface area contributed by atoms with Crippen molar-refractivity contribution in [3.8, 4) is 0 Å². The Bertz CT molecular complexity index is 770. The van der Waals surface area contributed by atoms with Gasteiger partial charge in [-0.25, -0.2) is 9.37 Å². The molecule has 0 aliphatic carbocycles. The summed E-state index contributed by atoms with van der Waals surface area (Å²) < 4.78 is 13.2. The third kappa shape index (κ3) is 4.46. The van der Waals surface area contributed by atoms with E-state index in [1.807, 2.05) is 12.1 Å². The molecule has 1 saturated heterocycles.